The van der Waals surface area contributed by atoms with Gasteiger partial charge >= 0.3 is 0 Å². The molecular formula is C16H27N3O4S. The third-order valence-corrected chi connectivity index (χ3v) is 6.19. The first-order valence-corrected chi connectivity index (χ1v) is 10.3. The summed E-state index contributed by atoms with van der Waals surface area (Å²) in [5, 5.41) is 4.10. The van der Waals surface area contributed by atoms with Gasteiger partial charge in [0.1, 0.15) is 4.90 Å². The van der Waals surface area contributed by atoms with E-state index in [1.807, 2.05) is 6.92 Å². The van der Waals surface area contributed by atoms with E-state index in [2.05, 4.69) is 9.82 Å². The molecule has 0 aromatic carbocycles. The Morgan fingerprint density at radius 2 is 2.25 bits per heavy atom. The van der Waals surface area contributed by atoms with E-state index in [4.69, 9.17) is 9.47 Å². The minimum Gasteiger partial charge on any atom is -0.380 e. The smallest absolute Gasteiger partial charge is 0.244 e. The zero-order chi connectivity index (χ0) is 17.0. The predicted octanol–water partition coefficient (Wildman–Crippen LogP) is 1.55. The molecule has 3 rings (SSSR count). The Morgan fingerprint density at radius 3 is 2.96 bits per heavy atom. The van der Waals surface area contributed by atoms with Crippen molar-refractivity contribution in [2.75, 3.05) is 19.8 Å². The van der Waals surface area contributed by atoms with E-state index in [0.717, 1.165) is 19.4 Å². The second-order valence-corrected chi connectivity index (χ2v) is 8.41. The van der Waals surface area contributed by atoms with Crippen LogP contribution in [0.4, 0.5) is 0 Å². The lowest BCUT2D eigenvalue weighted by atomic mass is 9.86. The van der Waals surface area contributed by atoms with E-state index in [9.17, 15) is 8.42 Å². The van der Waals surface area contributed by atoms with Crippen molar-refractivity contribution in [3.05, 3.63) is 12.4 Å². The summed E-state index contributed by atoms with van der Waals surface area (Å²) in [6.45, 7) is 4.41. The highest BCUT2D eigenvalue weighted by Gasteiger charge is 2.32. The van der Waals surface area contributed by atoms with Crippen LogP contribution in [0.3, 0.4) is 0 Å². The summed E-state index contributed by atoms with van der Waals surface area (Å²) >= 11 is 0. The average Bonchev–Trinajstić information content (AvgIpc) is 2.97. The summed E-state index contributed by atoms with van der Waals surface area (Å²) in [6, 6.07) is -0.349. The Bertz CT molecular complexity index is 627. The average molecular weight is 357 g/mol. The van der Waals surface area contributed by atoms with Gasteiger partial charge in [-0.25, -0.2) is 13.1 Å². The molecule has 2 heterocycles. The molecule has 1 N–H and O–H groups in total. The topological polar surface area (TPSA) is 82.5 Å². The van der Waals surface area contributed by atoms with E-state index >= 15 is 0 Å². The zero-order valence-electron chi connectivity index (χ0n) is 14.2. The number of hydrogen-bond donors (Lipinski definition) is 1. The molecule has 2 aliphatic rings. The number of aromatic nitrogens is 2. The van der Waals surface area contributed by atoms with Crippen LogP contribution in [0.25, 0.3) is 0 Å². The lowest BCUT2D eigenvalue weighted by Gasteiger charge is -2.34. The van der Waals surface area contributed by atoms with E-state index in [-0.39, 0.29) is 17.0 Å². The normalized spacial score (nSPS) is 25.5. The maximum Gasteiger partial charge on any atom is 0.244 e. The van der Waals surface area contributed by atoms with Gasteiger partial charge in [-0.3, -0.25) is 4.68 Å². The molecule has 0 bridgehead atoms. The van der Waals surface area contributed by atoms with Gasteiger partial charge < -0.3 is 9.47 Å². The van der Waals surface area contributed by atoms with Gasteiger partial charge in [-0.15, -0.1) is 0 Å². The highest BCUT2D eigenvalue weighted by atomic mass is 32.2. The molecule has 7 nitrogen and oxygen atoms in total. The van der Waals surface area contributed by atoms with Crippen molar-refractivity contribution < 1.29 is 17.9 Å². The molecule has 2 atom stereocenters. The van der Waals surface area contributed by atoms with Crippen molar-refractivity contribution in [3.8, 4) is 0 Å². The second kappa shape index (κ2) is 7.95. The molecule has 24 heavy (non-hydrogen) atoms. The van der Waals surface area contributed by atoms with Gasteiger partial charge in [0.2, 0.25) is 10.0 Å². The van der Waals surface area contributed by atoms with Crippen LogP contribution < -0.4 is 4.72 Å². The van der Waals surface area contributed by atoms with Gasteiger partial charge in [-0.05, 0) is 31.6 Å². The molecule has 1 saturated carbocycles. The number of aryl methyl sites for hydroxylation is 1. The molecule has 8 heteroatoms. The summed E-state index contributed by atoms with van der Waals surface area (Å²) in [5.74, 6) is 0.636. The molecule has 1 aromatic rings. The number of sulfonamides is 1. The fourth-order valence-corrected chi connectivity index (χ4v) is 4.25. The fraction of sp³-hybridized carbons (Fsp3) is 0.812. The summed E-state index contributed by atoms with van der Waals surface area (Å²) < 4.78 is 41.0. The number of nitrogens with one attached hydrogen (secondary N) is 1. The fourth-order valence-electron chi connectivity index (χ4n) is 3.05. The Balaban J connectivity index is 1.61. The first-order valence-electron chi connectivity index (χ1n) is 8.82. The first kappa shape index (κ1) is 17.8. The van der Waals surface area contributed by atoms with Crippen molar-refractivity contribution in [1.82, 2.24) is 14.5 Å². The number of ether oxygens (including phenoxy) is 2. The summed E-state index contributed by atoms with van der Waals surface area (Å²) in [7, 11) is -3.61. The van der Waals surface area contributed by atoms with Crippen LogP contribution in [0, 0.1) is 5.92 Å². The predicted molar refractivity (Wildman–Crippen MR) is 89.1 cm³/mol. The molecule has 0 spiro atoms. The van der Waals surface area contributed by atoms with E-state index in [1.54, 1.807) is 10.9 Å². The maximum absolute atomic E-state index is 12.6. The molecule has 1 aliphatic carbocycles. The van der Waals surface area contributed by atoms with Crippen molar-refractivity contribution in [3.63, 3.8) is 0 Å². The minimum absolute atomic E-state index is 0.125. The Kier molecular flexibility index (Phi) is 5.91. The van der Waals surface area contributed by atoms with Gasteiger partial charge in [-0.1, -0.05) is 13.3 Å². The van der Waals surface area contributed by atoms with Gasteiger partial charge in [0.25, 0.3) is 0 Å². The highest BCUT2D eigenvalue weighted by Crippen LogP contribution is 2.27. The standard InChI is InChI=1S/C16H27N3O4S/c1-2-7-19-10-14(9-17-19)24(20,21)18-15-12-22-8-6-16(15)23-11-13-4-3-5-13/h9-10,13,15-16,18H,2-8,11-12H2,1H3/t15-,16+/m1/s1. The van der Waals surface area contributed by atoms with Crippen LogP contribution in [0.2, 0.25) is 0 Å². The Hall–Kier alpha value is -0.960. The van der Waals surface area contributed by atoms with Crippen molar-refractivity contribution in [1.29, 1.82) is 0 Å². The zero-order valence-corrected chi connectivity index (χ0v) is 15.0. The molecule has 2 fully saturated rings. The molecule has 136 valence electrons. The third kappa shape index (κ3) is 4.36. The van der Waals surface area contributed by atoms with Crippen LogP contribution in [0.5, 0.6) is 0 Å². The van der Waals surface area contributed by atoms with Crippen LogP contribution in [0.1, 0.15) is 39.0 Å². The van der Waals surface area contributed by atoms with E-state index in [1.165, 1.54) is 25.5 Å². The molecule has 1 saturated heterocycles. The quantitative estimate of drug-likeness (QED) is 0.763. The molecule has 1 aliphatic heterocycles. The monoisotopic (exact) mass is 357 g/mol. The highest BCUT2D eigenvalue weighted by molar-refractivity contribution is 7.89. The van der Waals surface area contributed by atoms with E-state index < -0.39 is 10.0 Å². The molecule has 0 unspecified atom stereocenters. The number of rotatable bonds is 8. The van der Waals surface area contributed by atoms with Crippen LogP contribution in [0.15, 0.2) is 17.3 Å². The van der Waals surface area contributed by atoms with Crippen LogP contribution in [-0.2, 0) is 26.0 Å². The molecule has 1 aromatic heterocycles. The van der Waals surface area contributed by atoms with Crippen molar-refractivity contribution in [2.24, 2.45) is 5.92 Å². The molecule has 0 amide bonds. The van der Waals surface area contributed by atoms with Gasteiger partial charge in [-0.2, -0.15) is 5.10 Å². The maximum atomic E-state index is 12.6. The number of hydrogen-bond acceptors (Lipinski definition) is 5. The second-order valence-electron chi connectivity index (χ2n) is 6.70. The van der Waals surface area contributed by atoms with Crippen molar-refractivity contribution >= 4 is 10.0 Å². The third-order valence-electron chi connectivity index (χ3n) is 4.74. The first-order chi connectivity index (χ1) is 11.6. The van der Waals surface area contributed by atoms with Gasteiger partial charge in [0, 0.05) is 26.0 Å². The Labute approximate surface area is 143 Å². The van der Waals surface area contributed by atoms with Crippen molar-refractivity contribution in [2.45, 2.75) is 62.6 Å². The lowest BCUT2D eigenvalue weighted by Crippen LogP contribution is -2.50. The summed E-state index contributed by atoms with van der Waals surface area (Å²) in [4.78, 5) is 0.194. The SMILES string of the molecule is CCCn1cc(S(=O)(=O)N[C@@H]2COCC[C@@H]2OCC2CCC2)cn1. The van der Waals surface area contributed by atoms with Gasteiger partial charge in [0.15, 0.2) is 0 Å². The number of nitrogens with zero attached hydrogens (tertiary/aromatic N) is 2. The van der Waals surface area contributed by atoms with E-state index in [0.29, 0.717) is 25.7 Å². The largest absolute Gasteiger partial charge is 0.380 e. The molecular weight excluding hydrogens is 330 g/mol. The van der Waals surface area contributed by atoms with Crippen LogP contribution in [-0.4, -0.2) is 50.2 Å². The Morgan fingerprint density at radius 1 is 1.42 bits per heavy atom. The van der Waals surface area contributed by atoms with Crippen LogP contribution >= 0.6 is 0 Å². The minimum atomic E-state index is -3.61. The molecule has 0 radical (unpaired) electrons. The summed E-state index contributed by atoms with van der Waals surface area (Å²) in [5.41, 5.74) is 0. The van der Waals surface area contributed by atoms with Gasteiger partial charge in [0.05, 0.1) is 24.9 Å². The summed E-state index contributed by atoms with van der Waals surface area (Å²) in [6.07, 6.45) is 8.18. The lowest BCUT2D eigenvalue weighted by molar-refractivity contribution is -0.0668.